The summed E-state index contributed by atoms with van der Waals surface area (Å²) in [5.74, 6) is 3.21. The van der Waals surface area contributed by atoms with E-state index in [0.717, 1.165) is 33.3 Å². The van der Waals surface area contributed by atoms with Gasteiger partial charge in [0.15, 0.2) is 11.5 Å². The number of methoxy groups -OCH3 is 3. The van der Waals surface area contributed by atoms with Crippen molar-refractivity contribution in [2.45, 2.75) is 26.9 Å². The third kappa shape index (κ3) is 5.69. The molecule has 0 aliphatic carbocycles. The fraction of sp³-hybridized carbons (Fsp3) is 0.241. The molecule has 8 nitrogen and oxygen atoms in total. The summed E-state index contributed by atoms with van der Waals surface area (Å²) in [6.45, 7) is 5.63. The maximum Gasteiger partial charge on any atom is 0.412 e. The van der Waals surface area contributed by atoms with Crippen LogP contribution in [0.15, 0.2) is 60.8 Å². The van der Waals surface area contributed by atoms with Gasteiger partial charge >= 0.3 is 6.09 Å². The molecule has 8 heteroatoms. The van der Waals surface area contributed by atoms with Gasteiger partial charge in [-0.2, -0.15) is 0 Å². The minimum absolute atomic E-state index is 0.425. The molecular formula is C29H30N2O6. The maximum absolute atomic E-state index is 12.6. The number of fused-ring (bicyclic) bond motifs is 1. The SMILES string of the molecule is COc1ccc(C(C)OC(=O)Nc2cc(C)c(Oc3ccnc4cc(OC)c(OC)cc34)cc2C)cc1. The lowest BCUT2D eigenvalue weighted by atomic mass is 10.1. The van der Waals surface area contributed by atoms with Gasteiger partial charge in [0, 0.05) is 23.3 Å². The Balaban J connectivity index is 1.51. The molecule has 4 rings (SSSR count). The predicted octanol–water partition coefficient (Wildman–Crippen LogP) is 6.98. The van der Waals surface area contributed by atoms with E-state index in [1.54, 1.807) is 33.6 Å². The van der Waals surface area contributed by atoms with Crippen LogP contribution in [0.4, 0.5) is 10.5 Å². The second kappa shape index (κ2) is 11.1. The summed E-state index contributed by atoms with van der Waals surface area (Å²) < 4.78 is 27.9. The molecule has 0 radical (unpaired) electrons. The third-order valence-electron chi connectivity index (χ3n) is 6.05. The molecule has 0 spiro atoms. The van der Waals surface area contributed by atoms with Gasteiger partial charge < -0.3 is 23.7 Å². The van der Waals surface area contributed by atoms with Crippen molar-refractivity contribution < 1.29 is 28.5 Å². The first-order chi connectivity index (χ1) is 17.8. The van der Waals surface area contributed by atoms with Crippen LogP contribution in [0.5, 0.6) is 28.7 Å². The van der Waals surface area contributed by atoms with E-state index < -0.39 is 12.2 Å². The van der Waals surface area contributed by atoms with E-state index in [1.807, 2.05) is 69.3 Å². The van der Waals surface area contributed by atoms with E-state index in [9.17, 15) is 4.79 Å². The Morgan fingerprint density at radius 2 is 1.51 bits per heavy atom. The molecular weight excluding hydrogens is 472 g/mol. The summed E-state index contributed by atoms with van der Waals surface area (Å²) in [5.41, 5.74) is 3.90. The smallest absolute Gasteiger partial charge is 0.412 e. The van der Waals surface area contributed by atoms with Crippen molar-refractivity contribution in [1.82, 2.24) is 4.98 Å². The number of hydrogen-bond acceptors (Lipinski definition) is 7. The normalized spacial score (nSPS) is 11.5. The van der Waals surface area contributed by atoms with Crippen molar-refractivity contribution in [3.8, 4) is 28.7 Å². The molecule has 3 aromatic carbocycles. The molecule has 1 heterocycles. The van der Waals surface area contributed by atoms with Crippen LogP contribution in [-0.2, 0) is 4.74 Å². The fourth-order valence-electron chi connectivity index (χ4n) is 3.93. The monoisotopic (exact) mass is 502 g/mol. The van der Waals surface area contributed by atoms with Gasteiger partial charge in [0.05, 0.1) is 26.8 Å². The number of anilines is 1. The van der Waals surface area contributed by atoms with E-state index in [0.29, 0.717) is 28.7 Å². The van der Waals surface area contributed by atoms with Crippen molar-refractivity contribution in [3.63, 3.8) is 0 Å². The summed E-state index contributed by atoms with van der Waals surface area (Å²) in [6, 6.07) is 16.6. The average molecular weight is 503 g/mol. The lowest BCUT2D eigenvalue weighted by molar-refractivity contribution is 0.121. The van der Waals surface area contributed by atoms with Crippen molar-refractivity contribution >= 4 is 22.7 Å². The molecule has 1 amide bonds. The highest BCUT2D eigenvalue weighted by atomic mass is 16.6. The lowest BCUT2D eigenvalue weighted by Gasteiger charge is -2.17. The number of aromatic nitrogens is 1. The van der Waals surface area contributed by atoms with Gasteiger partial charge in [-0.3, -0.25) is 10.3 Å². The second-order valence-corrected chi connectivity index (χ2v) is 8.51. The molecule has 0 aliphatic rings. The van der Waals surface area contributed by atoms with E-state index in [4.69, 9.17) is 23.7 Å². The number of ether oxygens (including phenoxy) is 5. The van der Waals surface area contributed by atoms with Crippen molar-refractivity contribution in [2.24, 2.45) is 0 Å². The van der Waals surface area contributed by atoms with E-state index in [2.05, 4.69) is 10.3 Å². The second-order valence-electron chi connectivity index (χ2n) is 8.51. The lowest BCUT2D eigenvalue weighted by Crippen LogP contribution is -2.16. The summed E-state index contributed by atoms with van der Waals surface area (Å²) in [6.07, 6.45) is 0.716. The van der Waals surface area contributed by atoms with Gasteiger partial charge in [-0.15, -0.1) is 0 Å². The Hall–Kier alpha value is -4.46. The number of aryl methyl sites for hydroxylation is 2. The summed E-state index contributed by atoms with van der Waals surface area (Å²) in [4.78, 5) is 17.0. The van der Waals surface area contributed by atoms with Gasteiger partial charge in [0.1, 0.15) is 23.4 Å². The van der Waals surface area contributed by atoms with Crippen LogP contribution in [0.1, 0.15) is 29.7 Å². The Kier molecular flexibility index (Phi) is 7.67. The Morgan fingerprint density at radius 1 is 0.811 bits per heavy atom. The van der Waals surface area contributed by atoms with E-state index in [-0.39, 0.29) is 0 Å². The number of carbonyl (C=O) groups is 1. The number of benzene rings is 3. The number of nitrogens with zero attached hydrogens (tertiary/aromatic N) is 1. The highest BCUT2D eigenvalue weighted by molar-refractivity contribution is 5.89. The van der Waals surface area contributed by atoms with Gasteiger partial charge in [-0.25, -0.2) is 4.79 Å². The molecule has 0 bridgehead atoms. The average Bonchev–Trinajstić information content (AvgIpc) is 2.90. The first-order valence-corrected chi connectivity index (χ1v) is 11.7. The summed E-state index contributed by atoms with van der Waals surface area (Å²) in [7, 11) is 4.78. The molecule has 37 heavy (non-hydrogen) atoms. The van der Waals surface area contributed by atoms with Gasteiger partial charge in [0.25, 0.3) is 0 Å². The summed E-state index contributed by atoms with van der Waals surface area (Å²) in [5, 5.41) is 3.63. The number of rotatable bonds is 8. The zero-order chi connectivity index (χ0) is 26.5. The van der Waals surface area contributed by atoms with E-state index >= 15 is 0 Å². The molecule has 1 N–H and O–H groups in total. The minimum atomic E-state index is -0.541. The number of pyridine rings is 1. The zero-order valence-electron chi connectivity index (χ0n) is 21.7. The van der Waals surface area contributed by atoms with Crippen molar-refractivity contribution in [1.29, 1.82) is 0 Å². The summed E-state index contributed by atoms with van der Waals surface area (Å²) >= 11 is 0. The largest absolute Gasteiger partial charge is 0.497 e. The van der Waals surface area contributed by atoms with Gasteiger partial charge in [-0.05, 0) is 73.9 Å². The van der Waals surface area contributed by atoms with Crippen LogP contribution in [0.2, 0.25) is 0 Å². The Labute approximate surface area is 216 Å². The zero-order valence-corrected chi connectivity index (χ0v) is 21.7. The highest BCUT2D eigenvalue weighted by Gasteiger charge is 2.16. The Morgan fingerprint density at radius 3 is 2.19 bits per heavy atom. The Bertz CT molecular complexity index is 1420. The van der Waals surface area contributed by atoms with Crippen molar-refractivity contribution in [3.05, 3.63) is 77.5 Å². The van der Waals surface area contributed by atoms with E-state index in [1.165, 1.54) is 0 Å². The molecule has 1 aromatic heterocycles. The van der Waals surface area contributed by atoms with Crippen LogP contribution in [0.3, 0.4) is 0 Å². The van der Waals surface area contributed by atoms with Crippen LogP contribution >= 0.6 is 0 Å². The first-order valence-electron chi connectivity index (χ1n) is 11.7. The molecule has 0 fully saturated rings. The molecule has 0 saturated carbocycles. The van der Waals surface area contributed by atoms with Crippen LogP contribution in [0.25, 0.3) is 10.9 Å². The predicted molar refractivity (Wildman–Crippen MR) is 142 cm³/mol. The number of nitrogens with one attached hydrogen (secondary N) is 1. The number of amides is 1. The quantitative estimate of drug-likeness (QED) is 0.278. The molecule has 1 atom stereocenters. The minimum Gasteiger partial charge on any atom is -0.497 e. The van der Waals surface area contributed by atoms with Crippen LogP contribution < -0.4 is 24.3 Å². The van der Waals surface area contributed by atoms with Crippen LogP contribution in [-0.4, -0.2) is 32.4 Å². The molecule has 0 saturated heterocycles. The molecule has 4 aromatic rings. The highest BCUT2D eigenvalue weighted by Crippen LogP contribution is 2.38. The van der Waals surface area contributed by atoms with Crippen molar-refractivity contribution in [2.75, 3.05) is 26.6 Å². The third-order valence-corrected chi connectivity index (χ3v) is 6.05. The maximum atomic E-state index is 12.6. The molecule has 192 valence electrons. The first kappa shape index (κ1) is 25.6. The molecule has 1 unspecified atom stereocenters. The van der Waals surface area contributed by atoms with Gasteiger partial charge in [0.2, 0.25) is 0 Å². The fourth-order valence-corrected chi connectivity index (χ4v) is 3.93. The number of carbonyl (C=O) groups excluding carboxylic acids is 1. The standard InChI is InChI=1S/C29H30N2O6/c1-17-14-26(37-25-11-12-30-24-16-28(35-6)27(34-5)15-22(24)25)18(2)13-23(17)31-29(32)36-19(3)20-7-9-21(33-4)10-8-20/h7-16,19H,1-6H3,(H,31,32). The molecule has 0 aliphatic heterocycles. The topological polar surface area (TPSA) is 88.1 Å². The number of hydrogen-bond donors (Lipinski definition) is 1. The van der Waals surface area contributed by atoms with Gasteiger partial charge in [-0.1, -0.05) is 12.1 Å². The van der Waals surface area contributed by atoms with Crippen LogP contribution in [0, 0.1) is 13.8 Å².